The first-order valence-corrected chi connectivity index (χ1v) is 7.98. The zero-order valence-corrected chi connectivity index (χ0v) is 14.4. The van der Waals surface area contributed by atoms with Crippen LogP contribution in [0.4, 0.5) is 10.3 Å². The number of carbonyl (C=O) groups excluding carboxylic acids is 1. The minimum Gasteiger partial charge on any atom is -0.366 e. The highest BCUT2D eigenvalue weighted by Gasteiger charge is 2.26. The van der Waals surface area contributed by atoms with Gasteiger partial charge in [-0.15, -0.1) is 0 Å². The van der Waals surface area contributed by atoms with Crippen molar-refractivity contribution >= 4 is 11.9 Å². The number of nitrogens with one attached hydrogen (secondary N) is 1. The number of nitrogens with two attached hydrogens (primary N) is 1. The molecule has 0 bridgehead atoms. The molecule has 1 amide bonds. The molecule has 26 heavy (non-hydrogen) atoms. The lowest BCUT2D eigenvalue weighted by molar-refractivity contribution is 0.100. The summed E-state index contributed by atoms with van der Waals surface area (Å²) < 4.78 is 14.0. The molecular formula is C19H18FN5O. The van der Waals surface area contributed by atoms with Crippen molar-refractivity contribution in [3.63, 3.8) is 0 Å². The molecule has 0 atom stereocenters. The van der Waals surface area contributed by atoms with E-state index in [2.05, 4.69) is 20.3 Å². The molecule has 0 aliphatic heterocycles. The van der Waals surface area contributed by atoms with Crippen LogP contribution in [0.3, 0.4) is 0 Å². The Bertz CT molecular complexity index is 941. The van der Waals surface area contributed by atoms with Gasteiger partial charge in [-0.3, -0.25) is 9.78 Å². The number of hydrogen-bond donors (Lipinski definition) is 2. The summed E-state index contributed by atoms with van der Waals surface area (Å²) >= 11 is 0. The van der Waals surface area contributed by atoms with Gasteiger partial charge in [0, 0.05) is 29.7 Å². The number of pyridine rings is 1. The molecule has 6 nitrogen and oxygen atoms in total. The van der Waals surface area contributed by atoms with Crippen LogP contribution < -0.4 is 11.1 Å². The molecule has 0 radical (unpaired) electrons. The monoisotopic (exact) mass is 351 g/mol. The number of aromatic nitrogens is 3. The molecule has 0 fully saturated rings. The van der Waals surface area contributed by atoms with Crippen LogP contribution >= 0.6 is 0 Å². The number of halogens is 1. The van der Waals surface area contributed by atoms with Crippen molar-refractivity contribution in [1.29, 1.82) is 0 Å². The first-order valence-electron chi connectivity index (χ1n) is 7.98. The number of nitrogens with zero attached hydrogens (tertiary/aromatic N) is 3. The molecule has 0 aliphatic carbocycles. The lowest BCUT2D eigenvalue weighted by atomic mass is 9.99. The Labute approximate surface area is 150 Å². The molecule has 0 aliphatic rings. The predicted molar refractivity (Wildman–Crippen MR) is 96.8 cm³/mol. The summed E-state index contributed by atoms with van der Waals surface area (Å²) in [4.78, 5) is 24.0. The third-order valence-electron chi connectivity index (χ3n) is 3.91. The van der Waals surface area contributed by atoms with Crippen molar-refractivity contribution in [2.75, 3.05) is 5.32 Å². The van der Waals surface area contributed by atoms with Crippen molar-refractivity contribution < 1.29 is 9.18 Å². The molecular weight excluding hydrogens is 333 g/mol. The van der Waals surface area contributed by atoms with E-state index in [4.69, 9.17) is 5.73 Å². The van der Waals surface area contributed by atoms with Crippen LogP contribution in [-0.2, 0) is 5.54 Å². The smallest absolute Gasteiger partial charge is 0.248 e. The molecule has 132 valence electrons. The number of carbonyl (C=O) groups is 1. The van der Waals surface area contributed by atoms with E-state index >= 15 is 0 Å². The van der Waals surface area contributed by atoms with Gasteiger partial charge in [0.15, 0.2) is 0 Å². The second kappa shape index (κ2) is 6.87. The number of anilines is 1. The maximum absolute atomic E-state index is 14.0. The lowest BCUT2D eigenvalue weighted by Crippen LogP contribution is -2.31. The summed E-state index contributed by atoms with van der Waals surface area (Å²) in [7, 11) is 0. The standard InChI is InChI=1S/C19H18FN5O/c1-19(2,16-15(20)7-4-8-22-16)25-18-23-10-14(11-24-18)12-5-3-6-13(9-12)17(21)26/h3-11H,1-2H3,(H2,21,26)(H,23,24,25). The average molecular weight is 351 g/mol. The summed E-state index contributed by atoms with van der Waals surface area (Å²) in [5.74, 6) is -0.551. The van der Waals surface area contributed by atoms with Gasteiger partial charge >= 0.3 is 0 Å². The zero-order chi connectivity index (χ0) is 18.7. The van der Waals surface area contributed by atoms with Gasteiger partial charge < -0.3 is 11.1 Å². The quantitative estimate of drug-likeness (QED) is 0.736. The maximum atomic E-state index is 14.0. The van der Waals surface area contributed by atoms with Crippen LogP contribution in [0.5, 0.6) is 0 Å². The van der Waals surface area contributed by atoms with Crippen LogP contribution in [0, 0.1) is 5.82 Å². The van der Waals surface area contributed by atoms with Crippen LogP contribution in [0.15, 0.2) is 55.0 Å². The number of hydrogen-bond acceptors (Lipinski definition) is 5. The van der Waals surface area contributed by atoms with Crippen LogP contribution in [-0.4, -0.2) is 20.9 Å². The summed E-state index contributed by atoms with van der Waals surface area (Å²) in [6, 6.07) is 9.82. The van der Waals surface area contributed by atoms with Gasteiger partial charge in [-0.2, -0.15) is 0 Å². The van der Waals surface area contributed by atoms with Gasteiger partial charge in [-0.05, 0) is 43.7 Å². The van der Waals surface area contributed by atoms with E-state index in [1.807, 2.05) is 6.07 Å². The Balaban J connectivity index is 1.83. The van der Waals surface area contributed by atoms with E-state index in [1.54, 1.807) is 50.5 Å². The topological polar surface area (TPSA) is 93.8 Å². The van der Waals surface area contributed by atoms with Gasteiger partial charge in [-0.25, -0.2) is 14.4 Å². The normalized spacial score (nSPS) is 11.2. The van der Waals surface area contributed by atoms with Crippen molar-refractivity contribution in [3.8, 4) is 11.1 Å². The number of amides is 1. The van der Waals surface area contributed by atoms with E-state index in [-0.39, 0.29) is 5.69 Å². The Morgan fingerprint density at radius 1 is 1.08 bits per heavy atom. The summed E-state index contributed by atoms with van der Waals surface area (Å²) in [6.07, 6.45) is 4.79. The second-order valence-electron chi connectivity index (χ2n) is 6.32. The third kappa shape index (κ3) is 3.66. The molecule has 1 aromatic carbocycles. The van der Waals surface area contributed by atoms with Gasteiger partial charge in [-0.1, -0.05) is 12.1 Å². The first-order chi connectivity index (χ1) is 12.4. The van der Waals surface area contributed by atoms with Crippen LogP contribution in [0.1, 0.15) is 29.9 Å². The lowest BCUT2D eigenvalue weighted by Gasteiger charge is -2.25. The molecule has 0 spiro atoms. The third-order valence-corrected chi connectivity index (χ3v) is 3.91. The predicted octanol–water partition coefficient (Wildman–Crippen LogP) is 3.12. The van der Waals surface area contributed by atoms with Crippen molar-refractivity contribution in [2.45, 2.75) is 19.4 Å². The maximum Gasteiger partial charge on any atom is 0.248 e. The second-order valence-corrected chi connectivity index (χ2v) is 6.32. The average Bonchev–Trinajstić information content (AvgIpc) is 2.62. The molecule has 7 heteroatoms. The molecule has 0 saturated heterocycles. The highest BCUT2D eigenvalue weighted by molar-refractivity contribution is 5.94. The van der Waals surface area contributed by atoms with E-state index < -0.39 is 17.3 Å². The van der Waals surface area contributed by atoms with Crippen molar-refractivity contribution in [2.24, 2.45) is 5.73 Å². The minimum absolute atomic E-state index is 0.279. The number of primary amides is 1. The van der Waals surface area contributed by atoms with E-state index in [1.165, 1.54) is 12.3 Å². The van der Waals surface area contributed by atoms with E-state index in [0.29, 0.717) is 11.5 Å². The van der Waals surface area contributed by atoms with Crippen LogP contribution in [0.25, 0.3) is 11.1 Å². The van der Waals surface area contributed by atoms with Crippen LogP contribution in [0.2, 0.25) is 0 Å². The summed E-state index contributed by atoms with van der Waals surface area (Å²) in [5, 5.41) is 3.08. The van der Waals surface area contributed by atoms with Gasteiger partial charge in [0.2, 0.25) is 11.9 Å². The number of rotatable bonds is 5. The fraction of sp³-hybridized carbons (Fsp3) is 0.158. The fourth-order valence-electron chi connectivity index (χ4n) is 2.58. The molecule has 3 rings (SSSR count). The summed E-state index contributed by atoms with van der Waals surface area (Å²) in [5.41, 5.74) is 6.72. The summed E-state index contributed by atoms with van der Waals surface area (Å²) in [6.45, 7) is 3.60. The molecule has 2 heterocycles. The zero-order valence-electron chi connectivity index (χ0n) is 14.4. The van der Waals surface area contributed by atoms with Gasteiger partial charge in [0.25, 0.3) is 0 Å². The van der Waals surface area contributed by atoms with Crippen molar-refractivity contribution in [1.82, 2.24) is 15.0 Å². The Morgan fingerprint density at radius 2 is 1.81 bits per heavy atom. The Hall–Kier alpha value is -3.35. The largest absolute Gasteiger partial charge is 0.366 e. The van der Waals surface area contributed by atoms with E-state index in [9.17, 15) is 9.18 Å². The molecule has 3 N–H and O–H groups in total. The van der Waals surface area contributed by atoms with Gasteiger partial charge in [0.1, 0.15) is 11.5 Å². The minimum atomic E-state index is -0.793. The Kier molecular flexibility index (Phi) is 4.62. The fourth-order valence-corrected chi connectivity index (χ4v) is 2.58. The van der Waals surface area contributed by atoms with Gasteiger partial charge in [0.05, 0.1) is 5.54 Å². The number of benzene rings is 1. The van der Waals surface area contributed by atoms with Crippen molar-refractivity contribution in [3.05, 3.63) is 72.1 Å². The highest BCUT2D eigenvalue weighted by Crippen LogP contribution is 2.25. The first kappa shape index (κ1) is 17.5. The van der Waals surface area contributed by atoms with E-state index in [0.717, 1.165) is 11.1 Å². The molecule has 0 saturated carbocycles. The highest BCUT2D eigenvalue weighted by atomic mass is 19.1. The Morgan fingerprint density at radius 3 is 2.46 bits per heavy atom. The molecule has 0 unspecified atom stereocenters. The SMILES string of the molecule is CC(C)(Nc1ncc(-c2cccc(C(N)=O)c2)cn1)c1ncccc1F. The molecule has 3 aromatic rings. The molecule has 2 aromatic heterocycles.